The minimum absolute atomic E-state index is 0.0464. The maximum Gasteiger partial charge on any atom is 0.497 e. The van der Waals surface area contributed by atoms with E-state index in [0.29, 0.717) is 29.5 Å². The third-order valence-electron chi connectivity index (χ3n) is 7.56. The van der Waals surface area contributed by atoms with Crippen LogP contribution in [0.2, 0.25) is 10.0 Å². The number of pyridine rings is 1. The van der Waals surface area contributed by atoms with Gasteiger partial charge in [-0.05, 0) is 41.8 Å². The van der Waals surface area contributed by atoms with Crippen molar-refractivity contribution < 1.29 is 32.4 Å². The Morgan fingerprint density at radius 3 is 2.34 bits per heavy atom. The van der Waals surface area contributed by atoms with Crippen LogP contribution < -0.4 is 14.4 Å². The average molecular weight is 615 g/mol. The Balaban J connectivity index is 1.45. The van der Waals surface area contributed by atoms with Crippen molar-refractivity contribution in [1.29, 1.82) is 0 Å². The number of fused-ring (bicyclic) bond motifs is 4. The molecule has 3 atom stereocenters. The van der Waals surface area contributed by atoms with Gasteiger partial charge < -0.3 is 9.80 Å². The van der Waals surface area contributed by atoms with Gasteiger partial charge >= 0.3 is 18.2 Å². The van der Waals surface area contributed by atoms with E-state index in [2.05, 4.69) is 4.98 Å². The summed E-state index contributed by atoms with van der Waals surface area (Å²) < 4.78 is 38.5. The molecule has 0 saturated carbocycles. The molecule has 220 valence electrons. The first-order valence-electron chi connectivity index (χ1n) is 13.0. The van der Waals surface area contributed by atoms with Crippen LogP contribution in [0.5, 0.6) is 0 Å². The number of halogens is 5. The number of hydrogen-bond donors (Lipinski definition) is 0. The van der Waals surface area contributed by atoms with Gasteiger partial charge in [0.05, 0.1) is 10.6 Å². The molecule has 5 heterocycles. The summed E-state index contributed by atoms with van der Waals surface area (Å²) in [6.45, 7) is 5.85. The molecule has 1 aromatic heterocycles. The molecule has 0 aliphatic carbocycles. The molecule has 6 rings (SSSR count). The average Bonchev–Trinajstić information content (AvgIpc) is 3.08. The molecule has 4 aliphatic rings. The first-order chi connectivity index (χ1) is 19.0. The summed E-state index contributed by atoms with van der Waals surface area (Å²) >= 11 is 12.3. The predicted molar refractivity (Wildman–Crippen MR) is 148 cm³/mol. The van der Waals surface area contributed by atoms with Crippen molar-refractivity contribution in [2.45, 2.75) is 51.9 Å². The molecule has 3 fully saturated rings. The lowest BCUT2D eigenvalue weighted by Crippen LogP contribution is -2.64. The number of hydrogen-bond acceptors (Lipinski definition) is 6. The number of carbonyl (C=O) groups is 3. The second kappa shape index (κ2) is 10.0. The Hall–Kier alpha value is -3.09. The number of nitrogens with zero attached hydrogens (tertiary/aromatic N) is 5. The number of hydroxylamine groups is 2. The van der Waals surface area contributed by atoms with Crippen LogP contribution in [0.4, 0.5) is 35.3 Å². The number of amides is 3. The van der Waals surface area contributed by atoms with Crippen molar-refractivity contribution in [3.8, 4) is 0 Å². The zero-order valence-corrected chi connectivity index (χ0v) is 24.3. The van der Waals surface area contributed by atoms with E-state index in [1.165, 1.54) is 19.2 Å². The number of anilines is 2. The van der Waals surface area contributed by atoms with E-state index in [0.717, 1.165) is 17.7 Å². The van der Waals surface area contributed by atoms with Crippen LogP contribution in [0.1, 0.15) is 44.0 Å². The third-order valence-corrected chi connectivity index (χ3v) is 8.10. The number of urea groups is 1. The number of piperidine rings is 2. The Morgan fingerprint density at radius 2 is 1.76 bits per heavy atom. The zero-order valence-electron chi connectivity index (χ0n) is 22.8. The third kappa shape index (κ3) is 5.21. The molecule has 41 heavy (non-hydrogen) atoms. The van der Waals surface area contributed by atoms with Crippen LogP contribution in [0.25, 0.3) is 0 Å². The fourth-order valence-electron chi connectivity index (χ4n) is 5.87. The maximum absolute atomic E-state index is 13.5. The van der Waals surface area contributed by atoms with Crippen molar-refractivity contribution in [2.75, 3.05) is 36.5 Å². The molecule has 0 spiro atoms. The summed E-state index contributed by atoms with van der Waals surface area (Å²) in [5.74, 6) is -2.04. The van der Waals surface area contributed by atoms with Crippen molar-refractivity contribution in [3.63, 3.8) is 0 Å². The molecule has 0 N–H and O–H groups in total. The molecule has 4 aliphatic heterocycles. The van der Waals surface area contributed by atoms with E-state index in [4.69, 9.17) is 28.0 Å². The molecule has 2 aromatic rings. The van der Waals surface area contributed by atoms with Crippen LogP contribution in [-0.2, 0) is 9.63 Å². The lowest BCUT2D eigenvalue weighted by atomic mass is 9.90. The topological polar surface area (TPSA) is 83.0 Å². The standard InChI is InChI=1S/C27H29Cl2F3N5O4/c1-26(2,3)14-37(41-24(39)27(30,31)32)20-9-10-21(33-22(20)34(4)25(37)40)35-12-17-7-6-16(35)13-36(17)23(38)18-8-5-15(28)11-19(18)29/h5,8-11,16-17H,6-7,12-14H2,1-4H3/q+1. The highest BCUT2D eigenvalue weighted by molar-refractivity contribution is 6.36. The molecular weight excluding hydrogens is 586 g/mol. The number of benzene rings is 1. The van der Waals surface area contributed by atoms with Gasteiger partial charge in [-0.2, -0.15) is 13.2 Å². The maximum atomic E-state index is 13.5. The molecule has 3 unspecified atom stereocenters. The van der Waals surface area contributed by atoms with E-state index < -0.39 is 28.2 Å². The van der Waals surface area contributed by atoms with E-state index in [1.54, 1.807) is 43.9 Å². The predicted octanol–water partition coefficient (Wildman–Crippen LogP) is 5.83. The Morgan fingerprint density at radius 1 is 1.07 bits per heavy atom. The van der Waals surface area contributed by atoms with E-state index in [9.17, 15) is 27.6 Å². The summed E-state index contributed by atoms with van der Waals surface area (Å²) in [6.07, 6.45) is -3.71. The number of aromatic nitrogens is 1. The number of carbonyl (C=O) groups excluding carboxylic acids is 3. The van der Waals surface area contributed by atoms with Crippen LogP contribution in [0, 0.1) is 5.41 Å². The van der Waals surface area contributed by atoms with Crippen LogP contribution >= 0.6 is 23.2 Å². The molecule has 3 saturated heterocycles. The van der Waals surface area contributed by atoms with Gasteiger partial charge in [-0.15, -0.1) is 0 Å². The van der Waals surface area contributed by atoms with E-state index in [-0.39, 0.29) is 41.1 Å². The van der Waals surface area contributed by atoms with Crippen molar-refractivity contribution in [2.24, 2.45) is 5.41 Å². The van der Waals surface area contributed by atoms with Gasteiger partial charge in [0.2, 0.25) is 11.5 Å². The number of rotatable bonds is 4. The molecule has 0 radical (unpaired) electrons. The highest BCUT2D eigenvalue weighted by Gasteiger charge is 2.61. The molecule has 3 amide bonds. The number of alkyl halides is 3. The van der Waals surface area contributed by atoms with Crippen LogP contribution in [0.15, 0.2) is 30.3 Å². The summed E-state index contributed by atoms with van der Waals surface area (Å²) in [5.41, 5.74) is -0.282. The Labute approximate surface area is 244 Å². The van der Waals surface area contributed by atoms with Crippen LogP contribution in [0.3, 0.4) is 0 Å². The normalized spacial score (nSPS) is 24.1. The zero-order chi connectivity index (χ0) is 30.1. The lowest BCUT2D eigenvalue weighted by Gasteiger charge is -2.52. The summed E-state index contributed by atoms with van der Waals surface area (Å²) in [5, 5.41) is 0.708. The van der Waals surface area contributed by atoms with Crippen molar-refractivity contribution in [3.05, 3.63) is 45.9 Å². The van der Waals surface area contributed by atoms with Gasteiger partial charge in [-0.3, -0.25) is 9.63 Å². The molecular formula is C27H29Cl2F3N5O4+. The van der Waals surface area contributed by atoms with Gasteiger partial charge in [0, 0.05) is 48.7 Å². The van der Waals surface area contributed by atoms with E-state index >= 15 is 0 Å². The molecule has 9 nitrogen and oxygen atoms in total. The van der Waals surface area contributed by atoms with Gasteiger partial charge in [0.15, 0.2) is 0 Å². The summed E-state index contributed by atoms with van der Waals surface area (Å²) in [4.78, 5) is 53.4. The Kier molecular flexibility index (Phi) is 7.19. The van der Waals surface area contributed by atoms with Crippen molar-refractivity contribution in [1.82, 2.24) is 14.5 Å². The number of quaternary nitrogens is 1. The molecule has 2 bridgehead atoms. The van der Waals surface area contributed by atoms with E-state index in [1.807, 2.05) is 4.90 Å². The second-order valence-electron chi connectivity index (χ2n) is 11.8. The Bertz CT molecular complexity index is 1430. The van der Waals surface area contributed by atoms with Crippen LogP contribution in [-0.4, -0.2) is 72.7 Å². The minimum atomic E-state index is -5.29. The van der Waals surface area contributed by atoms with Gasteiger partial charge in [-0.25, -0.2) is 19.5 Å². The summed E-state index contributed by atoms with van der Waals surface area (Å²) in [7, 11) is 1.39. The molecule has 14 heteroatoms. The number of piperazine rings is 1. The molecule has 1 aromatic carbocycles. The largest absolute Gasteiger partial charge is 0.497 e. The first-order valence-corrected chi connectivity index (χ1v) is 13.8. The monoisotopic (exact) mass is 614 g/mol. The SMILES string of the molecule is CN1C(=O)[N+](CC(C)(C)C)(OC(=O)C(F)(F)F)c2ccc(N3CC4CCC3CN4C(=O)c3ccc(Cl)cc3Cl)nc21. The first kappa shape index (κ1) is 29.4. The fraction of sp³-hybridized carbons (Fsp3) is 0.481. The highest BCUT2D eigenvalue weighted by atomic mass is 35.5. The van der Waals surface area contributed by atoms with Gasteiger partial charge in [-0.1, -0.05) is 44.0 Å². The smallest absolute Gasteiger partial charge is 0.350 e. The van der Waals surface area contributed by atoms with Crippen molar-refractivity contribution >= 4 is 58.4 Å². The summed E-state index contributed by atoms with van der Waals surface area (Å²) in [6, 6.07) is 6.80. The van der Waals surface area contributed by atoms with Gasteiger partial charge in [0.1, 0.15) is 12.4 Å². The quantitative estimate of drug-likeness (QED) is 0.403. The second-order valence-corrected chi connectivity index (χ2v) is 12.7. The van der Waals surface area contributed by atoms with Gasteiger partial charge in [0.25, 0.3) is 5.91 Å². The lowest BCUT2D eigenvalue weighted by molar-refractivity contribution is -0.226. The highest BCUT2D eigenvalue weighted by Crippen LogP contribution is 2.46. The minimum Gasteiger partial charge on any atom is -0.350 e. The fourth-order valence-corrected chi connectivity index (χ4v) is 6.35.